The summed E-state index contributed by atoms with van der Waals surface area (Å²) in [6, 6.07) is 0.722. The standard InChI is InChI=1S/C17H33N3O.ClH/c1-19(2)11-12-20(15-8-4-5-9-15)17(21)13-14-7-3-6-10-16(14)18;/h14-16H,3-13,18H2,1-2H3;1H. The van der Waals surface area contributed by atoms with Crippen molar-refractivity contribution in [3.8, 4) is 0 Å². The van der Waals surface area contributed by atoms with Crippen LogP contribution in [0.15, 0.2) is 0 Å². The molecule has 2 atom stereocenters. The smallest absolute Gasteiger partial charge is 0.223 e. The molecule has 2 saturated carbocycles. The molecule has 2 fully saturated rings. The Hall–Kier alpha value is -0.320. The zero-order valence-electron chi connectivity index (χ0n) is 14.3. The van der Waals surface area contributed by atoms with Crippen molar-refractivity contribution in [2.45, 2.75) is 69.9 Å². The summed E-state index contributed by atoms with van der Waals surface area (Å²) in [7, 11) is 4.16. The van der Waals surface area contributed by atoms with Crippen LogP contribution >= 0.6 is 12.4 Å². The number of likely N-dealkylation sites (N-methyl/N-ethyl adjacent to an activating group) is 1. The summed E-state index contributed by atoms with van der Waals surface area (Å²) in [4.78, 5) is 17.2. The van der Waals surface area contributed by atoms with Crippen LogP contribution in [0.5, 0.6) is 0 Å². The minimum atomic E-state index is 0. The highest BCUT2D eigenvalue weighted by molar-refractivity contribution is 5.85. The molecule has 2 aliphatic rings. The van der Waals surface area contributed by atoms with Crippen molar-refractivity contribution in [2.75, 3.05) is 27.2 Å². The van der Waals surface area contributed by atoms with E-state index in [1.807, 2.05) is 0 Å². The van der Waals surface area contributed by atoms with Gasteiger partial charge in [-0.3, -0.25) is 4.79 Å². The van der Waals surface area contributed by atoms with Gasteiger partial charge in [-0.1, -0.05) is 25.7 Å². The molecule has 5 heteroatoms. The van der Waals surface area contributed by atoms with Gasteiger partial charge in [0.05, 0.1) is 0 Å². The third-order valence-electron chi connectivity index (χ3n) is 5.28. The Kier molecular flexibility index (Phi) is 8.73. The van der Waals surface area contributed by atoms with Crippen molar-refractivity contribution in [2.24, 2.45) is 11.7 Å². The summed E-state index contributed by atoms with van der Waals surface area (Å²) in [6.45, 7) is 1.83. The molecule has 0 spiro atoms. The van der Waals surface area contributed by atoms with Gasteiger partial charge in [-0.15, -0.1) is 12.4 Å². The van der Waals surface area contributed by atoms with Gasteiger partial charge in [0, 0.05) is 31.6 Å². The second-order valence-electron chi connectivity index (χ2n) is 7.24. The lowest BCUT2D eigenvalue weighted by atomic mass is 9.82. The van der Waals surface area contributed by atoms with Gasteiger partial charge in [-0.2, -0.15) is 0 Å². The largest absolute Gasteiger partial charge is 0.338 e. The first-order valence-electron chi connectivity index (χ1n) is 8.77. The second kappa shape index (κ2) is 9.74. The fraction of sp³-hybridized carbons (Fsp3) is 0.941. The van der Waals surface area contributed by atoms with Crippen molar-refractivity contribution >= 4 is 18.3 Å². The van der Waals surface area contributed by atoms with E-state index in [0.29, 0.717) is 24.3 Å². The maximum atomic E-state index is 12.8. The summed E-state index contributed by atoms with van der Waals surface area (Å²) >= 11 is 0. The molecule has 0 saturated heterocycles. The van der Waals surface area contributed by atoms with Crippen molar-refractivity contribution in [1.29, 1.82) is 0 Å². The lowest BCUT2D eigenvalue weighted by molar-refractivity contribution is -0.135. The van der Waals surface area contributed by atoms with Crippen LogP contribution < -0.4 is 5.73 Å². The Morgan fingerprint density at radius 3 is 2.18 bits per heavy atom. The van der Waals surface area contributed by atoms with Crippen LogP contribution in [0.4, 0.5) is 0 Å². The average Bonchev–Trinajstić information content (AvgIpc) is 2.95. The van der Waals surface area contributed by atoms with E-state index in [0.717, 1.165) is 25.9 Å². The van der Waals surface area contributed by atoms with Crippen molar-refractivity contribution < 1.29 is 4.79 Å². The number of hydrogen-bond donors (Lipinski definition) is 1. The van der Waals surface area contributed by atoms with Crippen molar-refractivity contribution in [3.05, 3.63) is 0 Å². The van der Waals surface area contributed by atoms with Gasteiger partial charge in [0.1, 0.15) is 0 Å². The predicted octanol–water partition coefficient (Wildman–Crippen LogP) is 2.65. The van der Waals surface area contributed by atoms with Gasteiger partial charge in [-0.25, -0.2) is 0 Å². The van der Waals surface area contributed by atoms with Crippen LogP contribution in [0.1, 0.15) is 57.8 Å². The molecular formula is C17H34ClN3O. The van der Waals surface area contributed by atoms with E-state index >= 15 is 0 Å². The van der Waals surface area contributed by atoms with Crippen LogP contribution in [-0.4, -0.2) is 55.0 Å². The fourth-order valence-electron chi connectivity index (χ4n) is 3.87. The number of halogens is 1. The lowest BCUT2D eigenvalue weighted by Crippen LogP contribution is -2.45. The minimum Gasteiger partial charge on any atom is -0.338 e. The Bertz CT molecular complexity index is 332. The molecule has 0 aromatic rings. The number of nitrogens with zero attached hydrogens (tertiary/aromatic N) is 2. The molecule has 0 aromatic carbocycles. The summed E-state index contributed by atoms with van der Waals surface area (Å²) in [5, 5.41) is 0. The first-order valence-corrected chi connectivity index (χ1v) is 8.77. The quantitative estimate of drug-likeness (QED) is 0.814. The van der Waals surface area contributed by atoms with Crippen molar-refractivity contribution in [1.82, 2.24) is 9.80 Å². The zero-order chi connectivity index (χ0) is 15.2. The number of rotatable bonds is 6. The molecule has 2 N–H and O–H groups in total. The predicted molar refractivity (Wildman–Crippen MR) is 94.3 cm³/mol. The maximum Gasteiger partial charge on any atom is 0.223 e. The Labute approximate surface area is 142 Å². The van der Waals surface area contributed by atoms with Crippen LogP contribution in [0, 0.1) is 5.92 Å². The Morgan fingerprint density at radius 1 is 1.00 bits per heavy atom. The van der Waals surface area contributed by atoms with Crippen LogP contribution in [0.25, 0.3) is 0 Å². The maximum absolute atomic E-state index is 12.8. The normalized spacial score (nSPS) is 26.0. The molecule has 2 rings (SSSR count). The zero-order valence-corrected chi connectivity index (χ0v) is 15.1. The molecule has 1 amide bonds. The highest BCUT2D eigenvalue weighted by atomic mass is 35.5. The molecule has 22 heavy (non-hydrogen) atoms. The van der Waals surface area contributed by atoms with Gasteiger partial charge in [0.15, 0.2) is 0 Å². The van der Waals surface area contributed by atoms with Gasteiger partial charge in [0.25, 0.3) is 0 Å². The number of carbonyl (C=O) groups is 1. The average molecular weight is 332 g/mol. The highest BCUT2D eigenvalue weighted by Gasteiger charge is 2.30. The molecule has 0 bridgehead atoms. The van der Waals surface area contributed by atoms with Gasteiger partial charge in [0.2, 0.25) is 5.91 Å². The highest BCUT2D eigenvalue weighted by Crippen LogP contribution is 2.29. The van der Waals surface area contributed by atoms with Gasteiger partial charge >= 0.3 is 0 Å². The van der Waals surface area contributed by atoms with Gasteiger partial charge < -0.3 is 15.5 Å². The minimum absolute atomic E-state index is 0. The van der Waals surface area contributed by atoms with E-state index in [9.17, 15) is 4.79 Å². The molecule has 0 heterocycles. The van der Waals surface area contributed by atoms with E-state index in [1.54, 1.807) is 0 Å². The number of carbonyl (C=O) groups excluding carboxylic acids is 1. The Balaban J connectivity index is 0.00000242. The van der Waals surface area contributed by atoms with E-state index in [4.69, 9.17) is 5.73 Å². The fourth-order valence-corrected chi connectivity index (χ4v) is 3.87. The van der Waals surface area contributed by atoms with Crippen molar-refractivity contribution in [3.63, 3.8) is 0 Å². The molecule has 130 valence electrons. The Morgan fingerprint density at radius 2 is 1.59 bits per heavy atom. The lowest BCUT2D eigenvalue weighted by Gasteiger charge is -2.34. The van der Waals surface area contributed by atoms with E-state index in [2.05, 4.69) is 23.9 Å². The summed E-state index contributed by atoms with van der Waals surface area (Å²) < 4.78 is 0. The molecule has 2 unspecified atom stereocenters. The molecule has 2 aliphatic carbocycles. The third kappa shape index (κ3) is 5.71. The van der Waals surface area contributed by atoms with E-state index in [-0.39, 0.29) is 18.4 Å². The molecule has 0 aromatic heterocycles. The first kappa shape index (κ1) is 19.7. The molecular weight excluding hydrogens is 298 g/mol. The summed E-state index contributed by atoms with van der Waals surface area (Å²) in [6.07, 6.45) is 10.3. The van der Waals surface area contributed by atoms with E-state index < -0.39 is 0 Å². The summed E-state index contributed by atoms with van der Waals surface area (Å²) in [5.41, 5.74) is 6.22. The van der Waals surface area contributed by atoms with Crippen LogP contribution in [0.2, 0.25) is 0 Å². The molecule has 0 aliphatic heterocycles. The number of nitrogens with two attached hydrogens (primary N) is 1. The van der Waals surface area contributed by atoms with Crippen LogP contribution in [0.3, 0.4) is 0 Å². The third-order valence-corrected chi connectivity index (χ3v) is 5.28. The monoisotopic (exact) mass is 331 g/mol. The number of hydrogen-bond acceptors (Lipinski definition) is 3. The molecule has 4 nitrogen and oxygen atoms in total. The first-order chi connectivity index (χ1) is 10.1. The summed E-state index contributed by atoms with van der Waals surface area (Å²) in [5.74, 6) is 0.764. The number of amides is 1. The van der Waals surface area contributed by atoms with Gasteiger partial charge in [-0.05, 0) is 45.7 Å². The van der Waals surface area contributed by atoms with Crippen LogP contribution in [-0.2, 0) is 4.79 Å². The topological polar surface area (TPSA) is 49.6 Å². The second-order valence-corrected chi connectivity index (χ2v) is 7.24. The van der Waals surface area contributed by atoms with E-state index in [1.165, 1.54) is 38.5 Å². The molecule has 0 radical (unpaired) electrons. The SMILES string of the molecule is CN(C)CCN(C(=O)CC1CCCCC1N)C1CCCC1.Cl.